The van der Waals surface area contributed by atoms with Crippen LogP contribution in [0.3, 0.4) is 0 Å². The minimum Gasteiger partial charge on any atom is -0.493 e. The fraction of sp³-hybridized carbons (Fsp3) is 0.577. The van der Waals surface area contributed by atoms with Crippen LogP contribution in [0.2, 0.25) is 0 Å². The summed E-state index contributed by atoms with van der Waals surface area (Å²) >= 11 is 0. The lowest BCUT2D eigenvalue weighted by molar-refractivity contribution is 0.0317. The van der Waals surface area contributed by atoms with Gasteiger partial charge in [0, 0.05) is 44.4 Å². The number of nitrogens with one attached hydrogen (secondary N) is 1. The first-order valence-corrected chi connectivity index (χ1v) is 13.0. The maximum absolute atomic E-state index is 6.00. The third-order valence-corrected chi connectivity index (χ3v) is 6.85. The van der Waals surface area contributed by atoms with E-state index in [0.29, 0.717) is 37.4 Å². The van der Waals surface area contributed by atoms with Crippen molar-refractivity contribution in [3.05, 3.63) is 29.3 Å². The Hall–Kier alpha value is -3.15. The lowest BCUT2D eigenvalue weighted by Gasteiger charge is -2.28. The van der Waals surface area contributed by atoms with Gasteiger partial charge in [-0.3, -0.25) is 10.3 Å². The minimum atomic E-state index is 0.343. The van der Waals surface area contributed by atoms with E-state index in [1.165, 1.54) is 5.56 Å². The van der Waals surface area contributed by atoms with Crippen molar-refractivity contribution in [1.29, 1.82) is 0 Å². The number of fused-ring (bicyclic) bond motifs is 1. The molecule has 2 aromatic rings. The Labute approximate surface area is 217 Å². The molecule has 3 heterocycles. The molecule has 2 saturated heterocycles. The van der Waals surface area contributed by atoms with E-state index in [1.807, 2.05) is 18.2 Å². The third-order valence-electron chi connectivity index (χ3n) is 6.85. The number of aromatic nitrogens is 2. The van der Waals surface area contributed by atoms with Gasteiger partial charge in [-0.1, -0.05) is 0 Å². The number of hydrazone groups is 1. The van der Waals surface area contributed by atoms with E-state index in [1.54, 1.807) is 14.2 Å². The zero-order valence-corrected chi connectivity index (χ0v) is 21.7. The molecule has 0 unspecified atom stereocenters. The summed E-state index contributed by atoms with van der Waals surface area (Å²) in [6, 6.07) is 6.32. The van der Waals surface area contributed by atoms with Crippen molar-refractivity contribution in [3.63, 3.8) is 0 Å². The fourth-order valence-corrected chi connectivity index (χ4v) is 4.80. The molecule has 37 heavy (non-hydrogen) atoms. The van der Waals surface area contributed by atoms with Gasteiger partial charge >= 0.3 is 6.01 Å². The van der Waals surface area contributed by atoms with Crippen LogP contribution < -0.4 is 24.5 Å². The van der Waals surface area contributed by atoms with Crippen molar-refractivity contribution in [2.75, 3.05) is 90.3 Å². The van der Waals surface area contributed by atoms with Crippen LogP contribution in [0.15, 0.2) is 23.3 Å². The molecule has 0 spiro atoms. The topological polar surface area (TPSA) is 103 Å². The van der Waals surface area contributed by atoms with Crippen LogP contribution >= 0.6 is 0 Å². The first-order valence-electron chi connectivity index (χ1n) is 13.0. The summed E-state index contributed by atoms with van der Waals surface area (Å²) in [4.78, 5) is 13.8. The van der Waals surface area contributed by atoms with Crippen LogP contribution in [0.4, 0.5) is 11.6 Å². The molecule has 3 aliphatic rings. The number of aryl methyl sites for hydroxylation is 1. The summed E-state index contributed by atoms with van der Waals surface area (Å²) in [5.74, 6) is 2.83. The highest BCUT2D eigenvalue weighted by atomic mass is 16.5. The Balaban J connectivity index is 1.35. The van der Waals surface area contributed by atoms with E-state index in [-0.39, 0.29) is 0 Å². The number of ether oxygens (including phenoxy) is 5. The second-order valence-electron chi connectivity index (χ2n) is 9.18. The number of rotatable bonds is 9. The van der Waals surface area contributed by atoms with Gasteiger partial charge in [-0.05, 0) is 37.0 Å². The van der Waals surface area contributed by atoms with Crippen molar-refractivity contribution in [2.45, 2.75) is 19.3 Å². The molecule has 0 radical (unpaired) electrons. The van der Waals surface area contributed by atoms with E-state index >= 15 is 0 Å². The lowest BCUT2D eigenvalue weighted by Crippen LogP contribution is -2.39. The molecule has 11 heteroatoms. The normalized spacial score (nSPS) is 19.4. The molecule has 200 valence electrons. The van der Waals surface area contributed by atoms with Gasteiger partial charge in [0.1, 0.15) is 12.4 Å². The van der Waals surface area contributed by atoms with Crippen molar-refractivity contribution < 1.29 is 23.7 Å². The monoisotopic (exact) mass is 512 g/mol. The van der Waals surface area contributed by atoms with Crippen molar-refractivity contribution in [2.24, 2.45) is 5.10 Å². The first kappa shape index (κ1) is 25.5. The molecule has 1 N–H and O–H groups in total. The molecule has 5 rings (SSSR count). The maximum Gasteiger partial charge on any atom is 0.320 e. The number of morpholine rings is 2. The van der Waals surface area contributed by atoms with Gasteiger partial charge in [0.25, 0.3) is 0 Å². The maximum atomic E-state index is 6.00. The van der Waals surface area contributed by atoms with E-state index < -0.39 is 0 Å². The molecule has 0 saturated carbocycles. The number of nitrogens with zero attached hydrogens (tertiary/aromatic N) is 5. The van der Waals surface area contributed by atoms with Crippen LogP contribution in [-0.2, 0) is 15.9 Å². The van der Waals surface area contributed by atoms with Crippen LogP contribution in [0, 0.1) is 0 Å². The van der Waals surface area contributed by atoms with Crippen molar-refractivity contribution in [3.8, 4) is 17.5 Å². The SMILES string of the molecule is COc1cc2c(cc1OC)/C(=N\Nc1cc(N3CCOCC3)nc(OCCN3CCOCC3)n1)CCC2. The molecule has 11 nitrogen and oxygen atoms in total. The Kier molecular flexibility index (Phi) is 8.54. The van der Waals surface area contributed by atoms with Crippen LogP contribution in [0.5, 0.6) is 17.5 Å². The molecule has 0 bridgehead atoms. The number of anilines is 2. The van der Waals surface area contributed by atoms with Crippen LogP contribution in [-0.4, -0.2) is 101 Å². The quantitative estimate of drug-likeness (QED) is 0.503. The van der Waals surface area contributed by atoms with Gasteiger partial charge in [-0.25, -0.2) is 0 Å². The van der Waals surface area contributed by atoms with E-state index in [9.17, 15) is 0 Å². The Morgan fingerprint density at radius 2 is 1.65 bits per heavy atom. The van der Waals surface area contributed by atoms with Crippen LogP contribution in [0.1, 0.15) is 24.0 Å². The minimum absolute atomic E-state index is 0.343. The van der Waals surface area contributed by atoms with Crippen LogP contribution in [0.25, 0.3) is 0 Å². The summed E-state index contributed by atoms with van der Waals surface area (Å²) < 4.78 is 28.0. The molecule has 1 aromatic heterocycles. The molecule has 2 fully saturated rings. The summed E-state index contributed by atoms with van der Waals surface area (Å²) in [5, 5.41) is 4.77. The molecule has 0 amide bonds. The van der Waals surface area contributed by atoms with Gasteiger partial charge < -0.3 is 28.6 Å². The first-order chi connectivity index (χ1) is 18.2. The average molecular weight is 513 g/mol. The molecule has 0 atom stereocenters. The number of hydrogen-bond donors (Lipinski definition) is 1. The number of benzene rings is 1. The number of hydrogen-bond acceptors (Lipinski definition) is 11. The predicted molar refractivity (Wildman–Crippen MR) is 140 cm³/mol. The summed E-state index contributed by atoms with van der Waals surface area (Å²) in [6.45, 7) is 7.56. The summed E-state index contributed by atoms with van der Waals surface area (Å²) in [5.41, 5.74) is 6.41. The smallest absolute Gasteiger partial charge is 0.320 e. The fourth-order valence-electron chi connectivity index (χ4n) is 4.80. The highest BCUT2D eigenvalue weighted by Crippen LogP contribution is 2.34. The highest BCUT2D eigenvalue weighted by molar-refractivity contribution is 6.03. The van der Waals surface area contributed by atoms with Gasteiger partial charge in [0.15, 0.2) is 17.3 Å². The van der Waals surface area contributed by atoms with Gasteiger partial charge in [-0.2, -0.15) is 15.1 Å². The van der Waals surface area contributed by atoms with Gasteiger partial charge in [0.2, 0.25) is 0 Å². The standard InChI is InChI=1S/C26H36N6O5/c1-33-22-16-19-4-3-5-21(20(19)17-23(22)34-2)29-30-24-18-25(32-9-13-36-14-10-32)28-26(27-24)37-15-8-31-6-11-35-12-7-31/h16-18H,3-15H2,1-2H3,(H,27,28,30)/b29-21-. The Bertz CT molecular complexity index is 1090. The lowest BCUT2D eigenvalue weighted by atomic mass is 9.89. The largest absolute Gasteiger partial charge is 0.493 e. The molecule has 2 aliphatic heterocycles. The second-order valence-corrected chi connectivity index (χ2v) is 9.18. The Morgan fingerprint density at radius 1 is 0.919 bits per heavy atom. The molecule has 1 aliphatic carbocycles. The summed E-state index contributed by atoms with van der Waals surface area (Å²) in [7, 11) is 3.31. The highest BCUT2D eigenvalue weighted by Gasteiger charge is 2.21. The van der Waals surface area contributed by atoms with Gasteiger partial charge in [-0.15, -0.1) is 0 Å². The molecule has 1 aromatic carbocycles. The number of methoxy groups -OCH3 is 2. The van der Waals surface area contributed by atoms with E-state index in [2.05, 4.69) is 25.2 Å². The van der Waals surface area contributed by atoms with Crippen molar-refractivity contribution >= 4 is 17.3 Å². The Morgan fingerprint density at radius 3 is 2.41 bits per heavy atom. The molecular formula is C26H36N6O5. The summed E-state index contributed by atoms with van der Waals surface area (Å²) in [6.07, 6.45) is 2.85. The second kappa shape index (κ2) is 12.4. The average Bonchev–Trinajstić information content (AvgIpc) is 2.96. The van der Waals surface area contributed by atoms with Crippen molar-refractivity contribution in [1.82, 2.24) is 14.9 Å². The van der Waals surface area contributed by atoms with E-state index in [0.717, 1.165) is 88.0 Å². The zero-order chi connectivity index (χ0) is 25.5. The third kappa shape index (κ3) is 6.41. The van der Waals surface area contributed by atoms with E-state index in [4.69, 9.17) is 28.8 Å². The van der Waals surface area contributed by atoms with Gasteiger partial charge in [0.05, 0.1) is 46.4 Å². The molecular weight excluding hydrogens is 476 g/mol. The predicted octanol–water partition coefficient (Wildman–Crippen LogP) is 2.19. The zero-order valence-electron chi connectivity index (χ0n) is 21.7.